The molecule has 0 fully saturated rings. The monoisotopic (exact) mass is 460 g/mol. The summed E-state index contributed by atoms with van der Waals surface area (Å²) in [6, 6.07) is 21.2. The number of benzene rings is 2. The summed E-state index contributed by atoms with van der Waals surface area (Å²) < 4.78 is 5.78. The Hall–Kier alpha value is -3.78. The molecule has 0 aliphatic carbocycles. The minimum atomic E-state index is -0.337. The number of rotatable bonds is 10. The third-order valence-electron chi connectivity index (χ3n) is 5.00. The van der Waals surface area contributed by atoms with Crippen molar-refractivity contribution in [2.45, 2.75) is 25.9 Å². The third-order valence-corrected chi connectivity index (χ3v) is 5.94. The highest BCUT2D eigenvalue weighted by Gasteiger charge is 2.10. The molecule has 168 valence electrons. The normalized spacial score (nSPS) is 10.7. The van der Waals surface area contributed by atoms with Crippen molar-refractivity contribution >= 4 is 17.2 Å². The first-order valence-electron chi connectivity index (χ1n) is 10.7. The number of aromatic nitrogens is 3. The van der Waals surface area contributed by atoms with Gasteiger partial charge in [-0.15, -0.1) is 21.5 Å². The first-order chi connectivity index (χ1) is 16.2. The number of aryl methyl sites for hydroxylation is 1. The lowest BCUT2D eigenvalue weighted by Crippen LogP contribution is -2.27. The van der Waals surface area contributed by atoms with E-state index in [-0.39, 0.29) is 30.0 Å². The highest BCUT2D eigenvalue weighted by atomic mass is 32.1. The lowest BCUT2D eigenvalue weighted by atomic mass is 10.2. The van der Waals surface area contributed by atoms with Crippen LogP contribution in [0.5, 0.6) is 5.75 Å². The number of nitrogens with one attached hydrogen (secondary N) is 2. The number of aromatic amines is 1. The molecule has 2 aromatic heterocycles. The quantitative estimate of drug-likeness (QED) is 0.376. The van der Waals surface area contributed by atoms with E-state index < -0.39 is 0 Å². The number of carbonyl (C=O) groups excluding carboxylic acids is 1. The van der Waals surface area contributed by atoms with Crippen LogP contribution in [-0.4, -0.2) is 27.6 Å². The molecule has 0 saturated heterocycles. The van der Waals surface area contributed by atoms with Crippen molar-refractivity contribution < 1.29 is 9.53 Å². The van der Waals surface area contributed by atoms with Gasteiger partial charge in [0.25, 0.3) is 5.56 Å². The van der Waals surface area contributed by atoms with Crippen LogP contribution in [-0.2, 0) is 24.2 Å². The average molecular weight is 461 g/mol. The summed E-state index contributed by atoms with van der Waals surface area (Å²) in [5.41, 5.74) is 1.72. The van der Waals surface area contributed by atoms with Gasteiger partial charge in [0.05, 0.1) is 0 Å². The fourth-order valence-corrected chi connectivity index (χ4v) is 3.91. The van der Waals surface area contributed by atoms with Crippen molar-refractivity contribution in [1.29, 1.82) is 0 Å². The maximum Gasteiger partial charge on any atom is 0.273 e. The van der Waals surface area contributed by atoms with Crippen molar-refractivity contribution in [2.24, 2.45) is 0 Å². The predicted molar refractivity (Wildman–Crippen MR) is 128 cm³/mol. The fourth-order valence-electron chi connectivity index (χ4n) is 3.20. The lowest BCUT2D eigenvalue weighted by Gasteiger charge is -2.07. The van der Waals surface area contributed by atoms with E-state index in [0.717, 1.165) is 23.3 Å². The molecule has 4 rings (SSSR count). The molecule has 0 bridgehead atoms. The zero-order valence-electron chi connectivity index (χ0n) is 18.0. The molecule has 0 saturated carbocycles. The number of hydrogen-bond acceptors (Lipinski definition) is 6. The van der Waals surface area contributed by atoms with Gasteiger partial charge >= 0.3 is 0 Å². The van der Waals surface area contributed by atoms with Gasteiger partial charge in [-0.2, -0.15) is 0 Å². The number of amides is 1. The second kappa shape index (κ2) is 11.2. The van der Waals surface area contributed by atoms with Crippen molar-refractivity contribution in [3.63, 3.8) is 0 Å². The van der Waals surface area contributed by atoms with Crippen LogP contribution in [0, 0.1) is 0 Å². The molecule has 8 heteroatoms. The highest BCUT2D eigenvalue weighted by molar-refractivity contribution is 7.09. The Morgan fingerprint density at radius 1 is 0.970 bits per heavy atom. The first-order valence-corrected chi connectivity index (χ1v) is 11.6. The van der Waals surface area contributed by atoms with Gasteiger partial charge in [-0.1, -0.05) is 36.4 Å². The molecule has 1 amide bonds. The van der Waals surface area contributed by atoms with Gasteiger partial charge in [0, 0.05) is 29.8 Å². The van der Waals surface area contributed by atoms with E-state index in [1.54, 1.807) is 11.3 Å². The third kappa shape index (κ3) is 6.60. The Morgan fingerprint density at radius 3 is 2.52 bits per heavy atom. The molecular weight excluding hydrogens is 436 g/mol. The summed E-state index contributed by atoms with van der Waals surface area (Å²) >= 11 is 1.67. The standard InChI is InChI=1S/C25H24N4O3S/c30-23(26-15-14-21-7-4-16-33-21)13-12-22-25(31)27-24(29-28-22)19-8-10-20(11-9-19)32-17-18-5-2-1-3-6-18/h1-11,16H,12-15,17H2,(H,26,30)(H,27,29,31). The molecule has 2 aromatic carbocycles. The molecule has 2 heterocycles. The summed E-state index contributed by atoms with van der Waals surface area (Å²) in [5, 5.41) is 13.1. The summed E-state index contributed by atoms with van der Waals surface area (Å²) in [5.74, 6) is 0.987. The van der Waals surface area contributed by atoms with E-state index in [9.17, 15) is 9.59 Å². The molecule has 33 heavy (non-hydrogen) atoms. The van der Waals surface area contributed by atoms with E-state index in [2.05, 4.69) is 20.5 Å². The Balaban J connectivity index is 1.27. The molecule has 0 aliphatic rings. The molecule has 0 radical (unpaired) electrons. The number of carbonyl (C=O) groups is 1. The topological polar surface area (TPSA) is 97.0 Å². The van der Waals surface area contributed by atoms with Gasteiger partial charge in [0.2, 0.25) is 5.91 Å². The number of hydrogen-bond donors (Lipinski definition) is 2. The van der Waals surface area contributed by atoms with E-state index >= 15 is 0 Å². The Morgan fingerprint density at radius 2 is 1.79 bits per heavy atom. The van der Waals surface area contributed by atoms with Gasteiger partial charge in [-0.05, 0) is 47.7 Å². The average Bonchev–Trinajstić information content (AvgIpc) is 3.36. The number of ether oxygens (including phenoxy) is 1. The minimum absolute atomic E-state index is 0.108. The molecule has 0 aliphatic heterocycles. The summed E-state index contributed by atoms with van der Waals surface area (Å²) in [7, 11) is 0. The van der Waals surface area contributed by atoms with Crippen LogP contribution in [0.1, 0.15) is 22.6 Å². The van der Waals surface area contributed by atoms with Gasteiger partial charge in [-0.25, -0.2) is 0 Å². The van der Waals surface area contributed by atoms with Crippen LogP contribution in [0.4, 0.5) is 0 Å². The summed E-state index contributed by atoms with van der Waals surface area (Å²) in [4.78, 5) is 28.4. The van der Waals surface area contributed by atoms with Crippen molar-refractivity contribution in [3.05, 3.63) is 98.6 Å². The van der Waals surface area contributed by atoms with Crippen molar-refractivity contribution in [1.82, 2.24) is 20.5 Å². The summed E-state index contributed by atoms with van der Waals surface area (Å²) in [6.45, 7) is 1.05. The lowest BCUT2D eigenvalue weighted by molar-refractivity contribution is -0.121. The van der Waals surface area contributed by atoms with E-state index in [4.69, 9.17) is 4.74 Å². The van der Waals surface area contributed by atoms with E-state index in [1.165, 1.54) is 4.88 Å². The number of H-pyrrole nitrogens is 1. The van der Waals surface area contributed by atoms with Gasteiger partial charge in [0.15, 0.2) is 5.82 Å². The fraction of sp³-hybridized carbons (Fsp3) is 0.200. The maximum atomic E-state index is 12.4. The van der Waals surface area contributed by atoms with E-state index in [0.29, 0.717) is 19.0 Å². The van der Waals surface area contributed by atoms with Crippen LogP contribution in [0.25, 0.3) is 11.4 Å². The Labute approximate surface area is 195 Å². The van der Waals surface area contributed by atoms with Crippen molar-refractivity contribution in [2.75, 3.05) is 6.54 Å². The molecular formula is C25H24N4O3S. The van der Waals surface area contributed by atoms with Crippen molar-refractivity contribution in [3.8, 4) is 17.1 Å². The maximum absolute atomic E-state index is 12.4. The second-order valence-electron chi connectivity index (χ2n) is 7.43. The van der Waals surface area contributed by atoms with Crippen LogP contribution in [0.3, 0.4) is 0 Å². The molecule has 7 nitrogen and oxygen atoms in total. The van der Waals surface area contributed by atoms with Crippen LogP contribution < -0.4 is 15.6 Å². The molecule has 2 N–H and O–H groups in total. The van der Waals surface area contributed by atoms with Gasteiger partial charge in [-0.3, -0.25) is 9.59 Å². The largest absolute Gasteiger partial charge is 0.489 e. The molecule has 0 unspecified atom stereocenters. The number of nitrogens with zero attached hydrogens (tertiary/aromatic N) is 2. The first kappa shape index (κ1) is 22.4. The zero-order chi connectivity index (χ0) is 22.9. The zero-order valence-corrected chi connectivity index (χ0v) is 18.8. The smallest absolute Gasteiger partial charge is 0.273 e. The molecule has 4 aromatic rings. The van der Waals surface area contributed by atoms with Crippen LogP contribution in [0.2, 0.25) is 0 Å². The predicted octanol–water partition coefficient (Wildman–Crippen LogP) is 3.76. The SMILES string of the molecule is O=C(CCc1nnc(-c2ccc(OCc3ccccc3)cc2)[nH]c1=O)NCCc1cccs1. The highest BCUT2D eigenvalue weighted by Crippen LogP contribution is 2.19. The Kier molecular flexibility index (Phi) is 7.60. The van der Waals surface area contributed by atoms with E-state index in [1.807, 2.05) is 72.1 Å². The second-order valence-corrected chi connectivity index (χ2v) is 8.46. The summed E-state index contributed by atoms with van der Waals surface area (Å²) in [6.07, 6.45) is 1.23. The molecule has 0 atom stereocenters. The molecule has 0 spiro atoms. The van der Waals surface area contributed by atoms with Gasteiger partial charge in [0.1, 0.15) is 18.1 Å². The number of thiophene rings is 1. The van der Waals surface area contributed by atoms with Crippen LogP contribution in [0.15, 0.2) is 76.9 Å². The Bertz CT molecular complexity index is 1220. The minimum Gasteiger partial charge on any atom is -0.489 e. The van der Waals surface area contributed by atoms with Gasteiger partial charge < -0.3 is 15.0 Å². The van der Waals surface area contributed by atoms with Crippen LogP contribution >= 0.6 is 11.3 Å².